The quantitative estimate of drug-likeness (QED) is 0.731. The number of amides is 1. The van der Waals surface area contributed by atoms with Crippen molar-refractivity contribution < 1.29 is 9.53 Å². The first-order valence-electron chi connectivity index (χ1n) is 6.78. The largest absolute Gasteiger partial charge is 0.378 e. The molecule has 4 heteroatoms. The molecule has 0 aromatic rings. The highest BCUT2D eigenvalue weighted by Crippen LogP contribution is 2.24. The van der Waals surface area contributed by atoms with Gasteiger partial charge in [0.2, 0.25) is 5.91 Å². The van der Waals surface area contributed by atoms with E-state index in [0.29, 0.717) is 18.4 Å². The molecule has 2 aliphatic rings. The molecule has 1 amide bonds. The molecule has 0 spiro atoms. The van der Waals surface area contributed by atoms with Crippen molar-refractivity contribution in [1.29, 1.82) is 0 Å². The van der Waals surface area contributed by atoms with Crippen molar-refractivity contribution in [2.24, 2.45) is 0 Å². The van der Waals surface area contributed by atoms with Crippen LogP contribution in [0.5, 0.6) is 0 Å². The molecule has 2 rings (SSSR count). The second kappa shape index (κ2) is 6.74. The van der Waals surface area contributed by atoms with E-state index >= 15 is 0 Å². The average Bonchev–Trinajstić information content (AvgIpc) is 2.96. The van der Waals surface area contributed by atoms with E-state index in [2.05, 4.69) is 20.8 Å². The SMILES string of the molecule is O=C(CC1CCCO1)N1CCCC1CCCBr. The molecule has 17 heavy (non-hydrogen) atoms. The number of nitrogens with zero attached hydrogens (tertiary/aromatic N) is 1. The molecule has 0 saturated carbocycles. The number of hydrogen-bond acceptors (Lipinski definition) is 2. The number of alkyl halides is 1. The van der Waals surface area contributed by atoms with Crippen molar-refractivity contribution in [2.75, 3.05) is 18.5 Å². The second-order valence-corrected chi connectivity index (χ2v) is 5.85. The Kier molecular flexibility index (Phi) is 5.29. The number of carbonyl (C=O) groups is 1. The normalized spacial score (nSPS) is 28.9. The van der Waals surface area contributed by atoms with Crippen LogP contribution in [0.4, 0.5) is 0 Å². The number of hydrogen-bond donors (Lipinski definition) is 0. The fourth-order valence-electron chi connectivity index (χ4n) is 2.89. The number of ether oxygens (including phenoxy) is 1. The van der Waals surface area contributed by atoms with Crippen molar-refractivity contribution in [2.45, 2.75) is 57.1 Å². The van der Waals surface area contributed by atoms with Crippen LogP contribution < -0.4 is 0 Å². The van der Waals surface area contributed by atoms with Gasteiger partial charge in [-0.15, -0.1) is 0 Å². The third-order valence-electron chi connectivity index (χ3n) is 3.79. The lowest BCUT2D eigenvalue weighted by Gasteiger charge is -2.25. The molecule has 2 aliphatic heterocycles. The van der Waals surface area contributed by atoms with E-state index < -0.39 is 0 Å². The van der Waals surface area contributed by atoms with Crippen molar-refractivity contribution in [3.8, 4) is 0 Å². The molecular weight excluding hydrogens is 282 g/mol. The zero-order valence-corrected chi connectivity index (χ0v) is 12.0. The van der Waals surface area contributed by atoms with Crippen molar-refractivity contribution in [3.63, 3.8) is 0 Å². The lowest BCUT2D eigenvalue weighted by molar-refractivity contribution is -0.134. The predicted molar refractivity (Wildman–Crippen MR) is 71.4 cm³/mol. The summed E-state index contributed by atoms with van der Waals surface area (Å²) in [4.78, 5) is 14.3. The third kappa shape index (κ3) is 3.68. The standard InChI is InChI=1S/C13H22BrNO2/c14-7-1-4-11-5-2-8-15(11)13(16)10-12-6-3-9-17-12/h11-12H,1-10H2. The Morgan fingerprint density at radius 1 is 1.35 bits per heavy atom. The van der Waals surface area contributed by atoms with Crippen molar-refractivity contribution in [3.05, 3.63) is 0 Å². The van der Waals surface area contributed by atoms with E-state index in [9.17, 15) is 4.79 Å². The topological polar surface area (TPSA) is 29.5 Å². The first kappa shape index (κ1) is 13.3. The van der Waals surface area contributed by atoms with Gasteiger partial charge in [-0.25, -0.2) is 0 Å². The minimum absolute atomic E-state index is 0.194. The van der Waals surface area contributed by atoms with Crippen LogP contribution in [0.25, 0.3) is 0 Å². The van der Waals surface area contributed by atoms with Crippen LogP contribution >= 0.6 is 15.9 Å². The van der Waals surface area contributed by atoms with Gasteiger partial charge in [-0.3, -0.25) is 4.79 Å². The summed E-state index contributed by atoms with van der Waals surface area (Å²) >= 11 is 3.46. The van der Waals surface area contributed by atoms with Gasteiger partial charge in [0.15, 0.2) is 0 Å². The van der Waals surface area contributed by atoms with Crippen LogP contribution in [0.1, 0.15) is 44.9 Å². The van der Waals surface area contributed by atoms with E-state index in [1.165, 1.54) is 12.8 Å². The van der Waals surface area contributed by atoms with Gasteiger partial charge in [-0.1, -0.05) is 15.9 Å². The van der Waals surface area contributed by atoms with Gasteiger partial charge in [0, 0.05) is 24.5 Å². The number of halogens is 1. The fraction of sp³-hybridized carbons (Fsp3) is 0.923. The maximum Gasteiger partial charge on any atom is 0.225 e. The summed E-state index contributed by atoms with van der Waals surface area (Å²) in [5.41, 5.74) is 0. The summed E-state index contributed by atoms with van der Waals surface area (Å²) < 4.78 is 5.54. The van der Waals surface area contributed by atoms with Crippen LogP contribution in [0.2, 0.25) is 0 Å². The number of likely N-dealkylation sites (tertiary alicyclic amines) is 1. The molecule has 98 valence electrons. The number of rotatable bonds is 5. The summed E-state index contributed by atoms with van der Waals surface area (Å²) in [5, 5.41) is 1.04. The van der Waals surface area contributed by atoms with E-state index in [4.69, 9.17) is 4.74 Å². The predicted octanol–water partition coefficient (Wildman–Crippen LogP) is 2.72. The summed E-state index contributed by atoms with van der Waals surface area (Å²) in [7, 11) is 0. The van der Waals surface area contributed by atoms with Gasteiger partial charge in [-0.2, -0.15) is 0 Å². The van der Waals surface area contributed by atoms with Gasteiger partial charge in [0.1, 0.15) is 0 Å². The van der Waals surface area contributed by atoms with Crippen LogP contribution in [-0.2, 0) is 9.53 Å². The first-order chi connectivity index (χ1) is 8.31. The highest BCUT2D eigenvalue weighted by atomic mass is 79.9. The molecule has 2 atom stereocenters. The summed E-state index contributed by atoms with van der Waals surface area (Å²) in [6.45, 7) is 1.80. The van der Waals surface area contributed by atoms with E-state index in [0.717, 1.165) is 44.2 Å². The monoisotopic (exact) mass is 303 g/mol. The molecule has 2 heterocycles. The molecule has 2 unspecified atom stereocenters. The third-order valence-corrected chi connectivity index (χ3v) is 4.36. The van der Waals surface area contributed by atoms with E-state index in [-0.39, 0.29) is 6.10 Å². The highest BCUT2D eigenvalue weighted by Gasteiger charge is 2.30. The van der Waals surface area contributed by atoms with Crippen LogP contribution in [0, 0.1) is 0 Å². The molecule has 0 aromatic heterocycles. The van der Waals surface area contributed by atoms with E-state index in [1.807, 2.05) is 0 Å². The Labute approximate surface area is 112 Å². The first-order valence-corrected chi connectivity index (χ1v) is 7.90. The maximum absolute atomic E-state index is 12.2. The number of carbonyl (C=O) groups excluding carboxylic acids is 1. The highest BCUT2D eigenvalue weighted by molar-refractivity contribution is 9.09. The molecule has 2 fully saturated rings. The molecule has 0 bridgehead atoms. The van der Waals surface area contributed by atoms with Crippen LogP contribution in [0.3, 0.4) is 0 Å². The van der Waals surface area contributed by atoms with Gasteiger partial charge in [-0.05, 0) is 38.5 Å². The van der Waals surface area contributed by atoms with Gasteiger partial charge in [0.05, 0.1) is 12.5 Å². The fourth-order valence-corrected chi connectivity index (χ4v) is 3.22. The Bertz CT molecular complexity index is 254. The molecule has 2 saturated heterocycles. The summed E-state index contributed by atoms with van der Waals surface area (Å²) in [6.07, 6.45) is 7.63. The second-order valence-electron chi connectivity index (χ2n) is 5.05. The summed E-state index contributed by atoms with van der Waals surface area (Å²) in [5.74, 6) is 0.314. The van der Waals surface area contributed by atoms with Crippen molar-refractivity contribution >= 4 is 21.8 Å². The Balaban J connectivity index is 1.80. The van der Waals surface area contributed by atoms with Gasteiger partial charge < -0.3 is 9.64 Å². The van der Waals surface area contributed by atoms with Crippen LogP contribution in [0.15, 0.2) is 0 Å². The minimum Gasteiger partial charge on any atom is -0.378 e. The van der Waals surface area contributed by atoms with E-state index in [1.54, 1.807) is 0 Å². The lowest BCUT2D eigenvalue weighted by atomic mass is 10.1. The average molecular weight is 304 g/mol. The zero-order chi connectivity index (χ0) is 12.1. The summed E-state index contributed by atoms with van der Waals surface area (Å²) in [6, 6.07) is 0.487. The van der Waals surface area contributed by atoms with Crippen LogP contribution in [-0.4, -0.2) is 41.4 Å². The smallest absolute Gasteiger partial charge is 0.225 e. The molecular formula is C13H22BrNO2. The minimum atomic E-state index is 0.194. The molecule has 0 radical (unpaired) electrons. The Morgan fingerprint density at radius 3 is 2.94 bits per heavy atom. The van der Waals surface area contributed by atoms with Gasteiger partial charge in [0.25, 0.3) is 0 Å². The Morgan fingerprint density at radius 2 is 2.24 bits per heavy atom. The van der Waals surface area contributed by atoms with Crippen molar-refractivity contribution in [1.82, 2.24) is 4.90 Å². The lowest BCUT2D eigenvalue weighted by Crippen LogP contribution is -2.37. The molecule has 3 nitrogen and oxygen atoms in total. The van der Waals surface area contributed by atoms with Gasteiger partial charge >= 0.3 is 0 Å². The Hall–Kier alpha value is -0.0900. The molecule has 0 N–H and O–H groups in total. The zero-order valence-electron chi connectivity index (χ0n) is 10.4. The molecule has 0 aromatic carbocycles. The maximum atomic E-state index is 12.2. The molecule has 0 aliphatic carbocycles.